The number of quaternary nitrogens is 1. The number of hydrogen-bond donors (Lipinski definition) is 1. The molecule has 3 aromatic heterocycles. The number of fused-ring (bicyclic) bond motifs is 1. The molecule has 0 bridgehead atoms. The molecule has 0 aromatic carbocycles. The standard InChI is InChI=1S/C15H16N4S2/c20-15-18-9-2-1-7-14(18)16-19(15)11-17-8-3-5-12(17)13-6-4-10-21-13/h1-2,4,6-7,9-10,12H,3,5,8,11H2/p+1/t12-/m1/s1. The summed E-state index contributed by atoms with van der Waals surface area (Å²) in [6, 6.07) is 11.0. The van der Waals surface area contributed by atoms with Crippen molar-refractivity contribution in [1.82, 2.24) is 14.2 Å². The lowest BCUT2D eigenvalue weighted by molar-refractivity contribution is -0.941. The first-order chi connectivity index (χ1) is 10.3. The predicted octanol–water partition coefficient (Wildman–Crippen LogP) is 2.30. The fourth-order valence-corrected chi connectivity index (χ4v) is 4.38. The van der Waals surface area contributed by atoms with E-state index in [1.54, 1.807) is 4.90 Å². The summed E-state index contributed by atoms with van der Waals surface area (Å²) in [7, 11) is 0. The van der Waals surface area contributed by atoms with Crippen molar-refractivity contribution in [2.45, 2.75) is 25.6 Å². The quantitative estimate of drug-likeness (QED) is 0.751. The molecule has 6 heteroatoms. The summed E-state index contributed by atoms with van der Waals surface area (Å²) >= 11 is 7.41. The molecule has 1 unspecified atom stereocenters. The molecule has 1 N–H and O–H groups in total. The zero-order valence-corrected chi connectivity index (χ0v) is 13.2. The fourth-order valence-electron chi connectivity index (χ4n) is 3.20. The maximum atomic E-state index is 5.55. The predicted molar refractivity (Wildman–Crippen MR) is 86.1 cm³/mol. The Morgan fingerprint density at radius 2 is 2.29 bits per heavy atom. The fraction of sp³-hybridized carbons (Fsp3) is 0.333. The minimum Gasteiger partial charge on any atom is -0.309 e. The van der Waals surface area contributed by atoms with Crippen molar-refractivity contribution in [2.75, 3.05) is 6.54 Å². The van der Waals surface area contributed by atoms with Crippen molar-refractivity contribution >= 4 is 29.2 Å². The van der Waals surface area contributed by atoms with Crippen LogP contribution >= 0.6 is 23.6 Å². The van der Waals surface area contributed by atoms with Crippen LogP contribution in [-0.2, 0) is 6.67 Å². The lowest BCUT2D eigenvalue weighted by atomic mass is 10.2. The molecule has 0 radical (unpaired) electrons. The monoisotopic (exact) mass is 317 g/mol. The summed E-state index contributed by atoms with van der Waals surface area (Å²) < 4.78 is 4.74. The second-order valence-electron chi connectivity index (χ2n) is 5.49. The summed E-state index contributed by atoms with van der Waals surface area (Å²) in [5.74, 6) is 0. The van der Waals surface area contributed by atoms with Gasteiger partial charge >= 0.3 is 0 Å². The van der Waals surface area contributed by atoms with E-state index in [0.717, 1.165) is 17.1 Å². The molecule has 1 saturated heterocycles. The Morgan fingerprint density at radius 3 is 3.10 bits per heavy atom. The van der Waals surface area contributed by atoms with Crippen LogP contribution in [0.4, 0.5) is 0 Å². The van der Waals surface area contributed by atoms with Gasteiger partial charge in [0.2, 0.25) is 4.77 Å². The van der Waals surface area contributed by atoms with Crippen LogP contribution in [0.5, 0.6) is 0 Å². The minimum absolute atomic E-state index is 0.594. The molecule has 1 fully saturated rings. The maximum absolute atomic E-state index is 5.55. The van der Waals surface area contributed by atoms with E-state index in [-0.39, 0.29) is 0 Å². The topological polar surface area (TPSA) is 26.7 Å². The molecule has 2 atom stereocenters. The smallest absolute Gasteiger partial charge is 0.207 e. The Kier molecular flexibility index (Phi) is 3.37. The van der Waals surface area contributed by atoms with Gasteiger partial charge in [0.15, 0.2) is 12.3 Å². The first-order valence-electron chi connectivity index (χ1n) is 7.25. The SMILES string of the molecule is S=c1n(C[NH+]2CCC[C@@H]2c2cccs2)nc2ccccn12. The summed E-state index contributed by atoms with van der Waals surface area (Å²) in [6.45, 7) is 2.04. The molecular weight excluding hydrogens is 300 g/mol. The van der Waals surface area contributed by atoms with E-state index in [1.165, 1.54) is 24.3 Å². The highest BCUT2D eigenvalue weighted by Crippen LogP contribution is 2.23. The second-order valence-corrected chi connectivity index (χ2v) is 6.83. The van der Waals surface area contributed by atoms with Gasteiger partial charge < -0.3 is 4.90 Å². The zero-order chi connectivity index (χ0) is 14.2. The van der Waals surface area contributed by atoms with Crippen molar-refractivity contribution in [1.29, 1.82) is 0 Å². The highest BCUT2D eigenvalue weighted by molar-refractivity contribution is 7.71. The summed E-state index contributed by atoms with van der Waals surface area (Å²) in [6.07, 6.45) is 4.52. The highest BCUT2D eigenvalue weighted by Gasteiger charge is 2.31. The number of nitrogens with one attached hydrogen (secondary N) is 1. The molecule has 21 heavy (non-hydrogen) atoms. The van der Waals surface area contributed by atoms with Gasteiger partial charge in [0, 0.05) is 19.0 Å². The van der Waals surface area contributed by atoms with Gasteiger partial charge in [0.25, 0.3) is 0 Å². The van der Waals surface area contributed by atoms with Crippen LogP contribution in [0.3, 0.4) is 0 Å². The number of aromatic nitrogens is 3. The normalized spacial score (nSPS) is 22.1. The molecule has 1 aliphatic heterocycles. The van der Waals surface area contributed by atoms with Crippen molar-refractivity contribution in [3.05, 3.63) is 51.6 Å². The van der Waals surface area contributed by atoms with E-state index in [1.807, 2.05) is 44.8 Å². The van der Waals surface area contributed by atoms with Gasteiger partial charge in [0.05, 0.1) is 11.4 Å². The van der Waals surface area contributed by atoms with Gasteiger partial charge in [-0.25, -0.2) is 0 Å². The van der Waals surface area contributed by atoms with Gasteiger partial charge in [-0.05, 0) is 35.8 Å². The van der Waals surface area contributed by atoms with Crippen molar-refractivity contribution in [3.63, 3.8) is 0 Å². The van der Waals surface area contributed by atoms with E-state index < -0.39 is 0 Å². The number of thiophene rings is 1. The number of nitrogens with zero attached hydrogens (tertiary/aromatic N) is 3. The Morgan fingerprint density at radius 1 is 1.33 bits per heavy atom. The summed E-state index contributed by atoms with van der Waals surface area (Å²) in [5.41, 5.74) is 0.925. The molecule has 4 nitrogen and oxygen atoms in total. The van der Waals surface area contributed by atoms with Gasteiger partial charge in [-0.2, -0.15) is 4.68 Å². The van der Waals surface area contributed by atoms with Crippen LogP contribution in [0.25, 0.3) is 5.65 Å². The lowest BCUT2D eigenvalue weighted by Crippen LogP contribution is -3.09. The van der Waals surface area contributed by atoms with Crippen LogP contribution in [-0.4, -0.2) is 20.7 Å². The first kappa shape index (κ1) is 13.2. The minimum atomic E-state index is 0.594. The van der Waals surface area contributed by atoms with Crippen molar-refractivity contribution in [2.24, 2.45) is 0 Å². The Balaban J connectivity index is 1.65. The maximum Gasteiger partial charge on any atom is 0.207 e. The van der Waals surface area contributed by atoms with Gasteiger partial charge in [-0.15, -0.1) is 16.4 Å². The summed E-state index contributed by atoms with van der Waals surface area (Å²) in [4.78, 5) is 3.05. The van der Waals surface area contributed by atoms with Crippen LogP contribution in [0, 0.1) is 4.77 Å². The highest BCUT2D eigenvalue weighted by atomic mass is 32.1. The van der Waals surface area contributed by atoms with Gasteiger partial charge in [0.1, 0.15) is 6.04 Å². The third kappa shape index (κ3) is 2.33. The van der Waals surface area contributed by atoms with E-state index in [2.05, 4.69) is 22.6 Å². The van der Waals surface area contributed by atoms with Crippen LogP contribution in [0.1, 0.15) is 23.8 Å². The average Bonchev–Trinajstić information content (AvgIpc) is 3.21. The lowest BCUT2D eigenvalue weighted by Gasteiger charge is -2.20. The third-order valence-corrected chi connectivity index (χ3v) is 5.60. The van der Waals surface area contributed by atoms with Gasteiger partial charge in [-0.1, -0.05) is 12.1 Å². The molecule has 4 rings (SSSR count). The molecule has 0 spiro atoms. The van der Waals surface area contributed by atoms with E-state index >= 15 is 0 Å². The number of likely N-dealkylation sites (tertiary alicyclic amines) is 1. The average molecular weight is 317 g/mol. The molecule has 0 aliphatic carbocycles. The second kappa shape index (κ2) is 5.36. The van der Waals surface area contributed by atoms with Crippen LogP contribution in [0.2, 0.25) is 0 Å². The Bertz CT molecular complexity index is 803. The molecular formula is C15H17N4S2+. The molecule has 0 saturated carbocycles. The van der Waals surface area contributed by atoms with Gasteiger partial charge in [-0.3, -0.25) is 4.40 Å². The van der Waals surface area contributed by atoms with E-state index in [9.17, 15) is 0 Å². The molecule has 4 heterocycles. The largest absolute Gasteiger partial charge is 0.309 e. The number of rotatable bonds is 3. The Hall–Kier alpha value is -1.50. The molecule has 1 aliphatic rings. The van der Waals surface area contributed by atoms with E-state index in [4.69, 9.17) is 12.2 Å². The Labute approximate surface area is 132 Å². The molecule has 0 amide bonds. The number of pyridine rings is 1. The third-order valence-electron chi connectivity index (χ3n) is 4.21. The zero-order valence-electron chi connectivity index (χ0n) is 11.6. The van der Waals surface area contributed by atoms with Crippen molar-refractivity contribution in [3.8, 4) is 0 Å². The molecule has 3 aromatic rings. The number of hydrogen-bond acceptors (Lipinski definition) is 3. The van der Waals surface area contributed by atoms with E-state index in [0.29, 0.717) is 6.04 Å². The van der Waals surface area contributed by atoms with Crippen molar-refractivity contribution < 1.29 is 4.90 Å². The van der Waals surface area contributed by atoms with Crippen LogP contribution < -0.4 is 4.90 Å². The molecule has 108 valence electrons. The van der Waals surface area contributed by atoms with Crippen LogP contribution in [0.15, 0.2) is 41.9 Å². The first-order valence-corrected chi connectivity index (χ1v) is 8.54. The summed E-state index contributed by atoms with van der Waals surface area (Å²) in [5, 5.41) is 6.82.